The summed E-state index contributed by atoms with van der Waals surface area (Å²) < 4.78 is 4.75. The van der Waals surface area contributed by atoms with Crippen molar-refractivity contribution >= 4 is 43.6 Å². The zero-order chi connectivity index (χ0) is 37.5. The van der Waals surface area contributed by atoms with E-state index >= 15 is 0 Å². The molecule has 1 aliphatic carbocycles. The zero-order valence-corrected chi connectivity index (χ0v) is 30.9. The van der Waals surface area contributed by atoms with Crippen molar-refractivity contribution in [3.63, 3.8) is 0 Å². The molecule has 0 saturated heterocycles. The van der Waals surface area contributed by atoms with E-state index in [2.05, 4.69) is 201 Å². The molecule has 4 nitrogen and oxygen atoms in total. The van der Waals surface area contributed by atoms with Crippen molar-refractivity contribution in [1.29, 1.82) is 0 Å². The van der Waals surface area contributed by atoms with Crippen LogP contribution in [0, 0.1) is 0 Å². The van der Waals surface area contributed by atoms with Crippen LogP contribution in [0.2, 0.25) is 0 Å². The van der Waals surface area contributed by atoms with Gasteiger partial charge in [-0.3, -0.25) is 9.97 Å². The highest BCUT2D eigenvalue weighted by Gasteiger charge is 2.47. The van der Waals surface area contributed by atoms with Gasteiger partial charge in [0.15, 0.2) is 0 Å². The van der Waals surface area contributed by atoms with E-state index in [1.165, 1.54) is 66.3 Å². The average molecular weight is 727 g/mol. The van der Waals surface area contributed by atoms with Crippen molar-refractivity contribution in [1.82, 2.24) is 19.1 Å². The Hall–Kier alpha value is -7.56. The van der Waals surface area contributed by atoms with Crippen molar-refractivity contribution in [3.05, 3.63) is 229 Å². The van der Waals surface area contributed by atoms with Gasteiger partial charge in [0.2, 0.25) is 0 Å². The van der Waals surface area contributed by atoms with Crippen molar-refractivity contribution in [2.75, 3.05) is 0 Å². The minimum atomic E-state index is -0.494. The second-order valence-corrected chi connectivity index (χ2v) is 15.0. The van der Waals surface area contributed by atoms with Gasteiger partial charge < -0.3 is 9.13 Å². The van der Waals surface area contributed by atoms with Gasteiger partial charge in [-0.2, -0.15) is 0 Å². The van der Waals surface area contributed by atoms with Crippen molar-refractivity contribution < 1.29 is 0 Å². The highest BCUT2D eigenvalue weighted by atomic mass is 15.0. The SMILES string of the molecule is c1ccc(C2(c3ccccc3)c3ccccc3-c3ccc4c(c32)c2ccccc2n4-c2ccc(-c3ccc(-n4c5ccncc5c5cnccc54)cc3)cc2)cc1. The monoisotopic (exact) mass is 726 g/mol. The molecular weight excluding hydrogens is 693 g/mol. The maximum Gasteiger partial charge on any atom is 0.0720 e. The van der Waals surface area contributed by atoms with Crippen LogP contribution in [-0.4, -0.2) is 19.1 Å². The average Bonchev–Trinajstić information content (AvgIpc) is 3.92. The first-order valence-corrected chi connectivity index (χ1v) is 19.5. The highest BCUT2D eigenvalue weighted by molar-refractivity contribution is 6.15. The van der Waals surface area contributed by atoms with E-state index in [1.807, 2.05) is 24.8 Å². The van der Waals surface area contributed by atoms with E-state index in [9.17, 15) is 0 Å². The zero-order valence-electron chi connectivity index (χ0n) is 30.9. The minimum Gasteiger partial charge on any atom is -0.309 e. The Morgan fingerprint density at radius 1 is 0.368 bits per heavy atom. The molecule has 4 heterocycles. The fraction of sp³-hybridized carbons (Fsp3) is 0.0189. The molecule has 1 aliphatic rings. The number of hydrogen-bond donors (Lipinski definition) is 0. The van der Waals surface area contributed by atoms with Gasteiger partial charge in [0.1, 0.15) is 0 Å². The third-order valence-electron chi connectivity index (χ3n) is 12.2. The maximum absolute atomic E-state index is 4.39. The quantitative estimate of drug-likeness (QED) is 0.177. The Morgan fingerprint density at radius 2 is 0.877 bits per heavy atom. The molecule has 0 N–H and O–H groups in total. The van der Waals surface area contributed by atoms with Gasteiger partial charge in [-0.25, -0.2) is 0 Å². The van der Waals surface area contributed by atoms with Crippen LogP contribution in [0.3, 0.4) is 0 Å². The normalized spacial score (nSPS) is 13.1. The molecule has 0 radical (unpaired) electrons. The van der Waals surface area contributed by atoms with Crippen LogP contribution in [0.25, 0.3) is 77.2 Å². The molecule has 0 aliphatic heterocycles. The lowest BCUT2D eigenvalue weighted by Crippen LogP contribution is -2.28. The summed E-state index contributed by atoms with van der Waals surface area (Å²) >= 11 is 0. The molecule has 0 saturated carbocycles. The lowest BCUT2D eigenvalue weighted by molar-refractivity contribution is 0.776. The number of pyridine rings is 2. The summed E-state index contributed by atoms with van der Waals surface area (Å²) in [4.78, 5) is 8.79. The van der Waals surface area contributed by atoms with Crippen LogP contribution < -0.4 is 0 Å². The Kier molecular flexibility index (Phi) is 6.81. The van der Waals surface area contributed by atoms with Crippen LogP contribution >= 0.6 is 0 Å². The first-order valence-electron chi connectivity index (χ1n) is 19.5. The van der Waals surface area contributed by atoms with Gasteiger partial charge in [0.25, 0.3) is 0 Å². The molecule has 4 heteroatoms. The Labute approximate surface area is 329 Å². The molecular formula is C53H34N4. The van der Waals surface area contributed by atoms with Gasteiger partial charge >= 0.3 is 0 Å². The standard InChI is InChI=1S/C53H34N4/c1-3-11-37(12-4-1)53(38-13-5-2-6-14-38)46-17-9-7-15-41(46)42-27-28-50-51(52(42)53)43-16-8-10-18-47(43)57(50)40-25-21-36(22-26-40)35-19-23-39(24-20-35)56-48-29-31-54-33-44(48)45-34-55-32-30-49(45)56/h1-34H. The third kappa shape index (κ3) is 4.44. The van der Waals surface area contributed by atoms with Crippen molar-refractivity contribution in [3.8, 4) is 33.6 Å². The first kappa shape index (κ1) is 31.8. The molecule has 57 heavy (non-hydrogen) atoms. The number of rotatable bonds is 5. The van der Waals surface area contributed by atoms with E-state index in [-0.39, 0.29) is 0 Å². The summed E-state index contributed by atoms with van der Waals surface area (Å²) in [6.07, 6.45) is 7.57. The summed E-state index contributed by atoms with van der Waals surface area (Å²) in [6.45, 7) is 0. The van der Waals surface area contributed by atoms with Gasteiger partial charge in [-0.05, 0) is 93.0 Å². The van der Waals surface area contributed by atoms with E-state index < -0.39 is 5.41 Å². The number of fused-ring (bicyclic) bond motifs is 10. The van der Waals surface area contributed by atoms with Crippen LogP contribution in [0.1, 0.15) is 22.3 Å². The number of aromatic nitrogens is 4. The van der Waals surface area contributed by atoms with E-state index in [1.54, 1.807) is 0 Å². The van der Waals surface area contributed by atoms with Gasteiger partial charge in [0.05, 0.1) is 27.5 Å². The van der Waals surface area contributed by atoms with E-state index in [0.29, 0.717) is 0 Å². The molecule has 11 aromatic rings. The van der Waals surface area contributed by atoms with Crippen molar-refractivity contribution in [2.24, 2.45) is 0 Å². The largest absolute Gasteiger partial charge is 0.309 e. The molecule has 7 aromatic carbocycles. The first-order chi connectivity index (χ1) is 28.3. The predicted octanol–water partition coefficient (Wildman–Crippen LogP) is 12.7. The summed E-state index contributed by atoms with van der Waals surface area (Å²) in [7, 11) is 0. The second-order valence-electron chi connectivity index (χ2n) is 15.0. The van der Waals surface area contributed by atoms with Crippen LogP contribution in [-0.2, 0) is 5.41 Å². The predicted molar refractivity (Wildman–Crippen MR) is 233 cm³/mol. The van der Waals surface area contributed by atoms with Gasteiger partial charge in [-0.15, -0.1) is 0 Å². The topological polar surface area (TPSA) is 35.6 Å². The summed E-state index contributed by atoms with van der Waals surface area (Å²) in [5, 5.41) is 4.75. The molecule has 0 unspecified atom stereocenters. The van der Waals surface area contributed by atoms with Crippen LogP contribution in [0.5, 0.6) is 0 Å². The minimum absolute atomic E-state index is 0.494. The number of nitrogens with zero attached hydrogens (tertiary/aromatic N) is 4. The van der Waals surface area contributed by atoms with E-state index in [0.717, 1.165) is 33.2 Å². The number of benzene rings is 7. The highest BCUT2D eigenvalue weighted by Crippen LogP contribution is 2.59. The number of hydrogen-bond acceptors (Lipinski definition) is 2. The second kappa shape index (κ2) is 12.2. The molecule has 266 valence electrons. The van der Waals surface area contributed by atoms with Gasteiger partial charge in [-0.1, -0.05) is 133 Å². The van der Waals surface area contributed by atoms with Crippen LogP contribution in [0.4, 0.5) is 0 Å². The fourth-order valence-electron chi connectivity index (χ4n) is 9.87. The molecule has 0 atom stereocenters. The van der Waals surface area contributed by atoms with Crippen LogP contribution in [0.15, 0.2) is 207 Å². The van der Waals surface area contributed by atoms with Gasteiger partial charge in [0, 0.05) is 57.7 Å². The summed E-state index contributed by atoms with van der Waals surface area (Å²) in [5.41, 5.74) is 16.5. The smallest absolute Gasteiger partial charge is 0.0720 e. The molecule has 0 amide bonds. The Balaban J connectivity index is 1.02. The number of para-hydroxylation sites is 1. The van der Waals surface area contributed by atoms with E-state index in [4.69, 9.17) is 0 Å². The molecule has 0 bridgehead atoms. The molecule has 4 aromatic heterocycles. The molecule has 12 rings (SSSR count). The fourth-order valence-corrected chi connectivity index (χ4v) is 9.87. The summed E-state index contributed by atoms with van der Waals surface area (Å²) in [5.74, 6) is 0. The maximum atomic E-state index is 4.39. The third-order valence-corrected chi connectivity index (χ3v) is 12.2. The van der Waals surface area contributed by atoms with Crippen molar-refractivity contribution in [2.45, 2.75) is 5.41 Å². The summed E-state index contributed by atoms with van der Waals surface area (Å²) in [6, 6.07) is 66.9. The lowest BCUT2D eigenvalue weighted by atomic mass is 9.67. The molecule has 0 spiro atoms. The lowest BCUT2D eigenvalue weighted by Gasteiger charge is -2.34. The Bertz CT molecular complexity index is 3230. The molecule has 0 fully saturated rings. The Morgan fingerprint density at radius 3 is 1.49 bits per heavy atom.